The van der Waals surface area contributed by atoms with E-state index in [2.05, 4.69) is 21.2 Å². The molecule has 5 nitrogen and oxygen atoms in total. The highest BCUT2D eigenvalue weighted by Gasteiger charge is 2.36. The highest BCUT2D eigenvalue weighted by Crippen LogP contribution is 2.39. The Balaban J connectivity index is 1.48. The van der Waals surface area contributed by atoms with E-state index >= 15 is 0 Å². The van der Waals surface area contributed by atoms with Crippen LogP contribution in [0.15, 0.2) is 6.07 Å². The van der Waals surface area contributed by atoms with Gasteiger partial charge in [0.15, 0.2) is 0 Å². The number of aromatic nitrogens is 2. The van der Waals surface area contributed by atoms with Gasteiger partial charge in [-0.25, -0.2) is 0 Å². The van der Waals surface area contributed by atoms with Crippen molar-refractivity contribution < 1.29 is 4.79 Å². The number of H-pyrrole nitrogens is 1. The van der Waals surface area contributed by atoms with E-state index in [4.69, 9.17) is 0 Å². The molecule has 0 radical (unpaired) electrons. The van der Waals surface area contributed by atoms with Gasteiger partial charge in [-0.05, 0) is 31.7 Å². The first-order valence-corrected chi connectivity index (χ1v) is 8.24. The molecule has 2 atom stereocenters. The summed E-state index contributed by atoms with van der Waals surface area (Å²) in [7, 11) is 1.98. The Kier molecular flexibility index (Phi) is 3.25. The monoisotopic (exact) mass is 288 g/mol. The summed E-state index contributed by atoms with van der Waals surface area (Å²) in [6.07, 6.45) is 5.96. The molecule has 1 saturated carbocycles. The summed E-state index contributed by atoms with van der Waals surface area (Å²) in [5, 5.41) is 7.63. The van der Waals surface area contributed by atoms with Crippen molar-refractivity contribution in [3.8, 4) is 0 Å². The van der Waals surface area contributed by atoms with Crippen LogP contribution in [0, 0.1) is 5.92 Å². The molecule has 3 aliphatic rings. The number of aromatic amines is 1. The van der Waals surface area contributed by atoms with Gasteiger partial charge in [0.25, 0.3) is 0 Å². The predicted octanol–water partition coefficient (Wildman–Crippen LogP) is 1.73. The second-order valence-electron chi connectivity index (χ2n) is 7.02. The predicted molar refractivity (Wildman–Crippen MR) is 79.7 cm³/mol. The van der Waals surface area contributed by atoms with E-state index in [-0.39, 0.29) is 5.92 Å². The molecule has 2 bridgehead atoms. The second kappa shape index (κ2) is 5.13. The van der Waals surface area contributed by atoms with Gasteiger partial charge in [-0.3, -0.25) is 14.8 Å². The molecule has 4 rings (SSSR count). The number of hydrogen-bond acceptors (Lipinski definition) is 3. The number of amides is 1. The Bertz CT molecular complexity index is 536. The zero-order valence-corrected chi connectivity index (χ0v) is 12.7. The largest absolute Gasteiger partial charge is 0.341 e. The first-order chi connectivity index (χ1) is 10.2. The van der Waals surface area contributed by atoms with E-state index in [1.807, 2.05) is 11.9 Å². The first-order valence-electron chi connectivity index (χ1n) is 8.24. The van der Waals surface area contributed by atoms with E-state index in [0.29, 0.717) is 17.9 Å². The van der Waals surface area contributed by atoms with Crippen LogP contribution in [0.1, 0.15) is 49.4 Å². The lowest BCUT2D eigenvalue weighted by Crippen LogP contribution is -2.40. The number of nitrogens with one attached hydrogen (secondary N) is 1. The molecule has 1 aliphatic carbocycles. The Morgan fingerprint density at radius 3 is 2.90 bits per heavy atom. The summed E-state index contributed by atoms with van der Waals surface area (Å²) in [4.78, 5) is 16.9. The molecule has 2 aliphatic heterocycles. The fourth-order valence-corrected chi connectivity index (χ4v) is 3.87. The van der Waals surface area contributed by atoms with Crippen molar-refractivity contribution in [2.24, 2.45) is 5.92 Å². The average Bonchev–Trinajstić information content (AvgIpc) is 3.22. The minimum Gasteiger partial charge on any atom is -0.341 e. The van der Waals surface area contributed by atoms with Crippen LogP contribution in [0.4, 0.5) is 0 Å². The first kappa shape index (κ1) is 13.3. The lowest BCUT2D eigenvalue weighted by molar-refractivity contribution is -0.134. The van der Waals surface area contributed by atoms with Crippen molar-refractivity contribution in [3.63, 3.8) is 0 Å². The fourth-order valence-electron chi connectivity index (χ4n) is 3.87. The van der Waals surface area contributed by atoms with Gasteiger partial charge in [0.2, 0.25) is 5.91 Å². The topological polar surface area (TPSA) is 52.2 Å². The van der Waals surface area contributed by atoms with Crippen LogP contribution < -0.4 is 0 Å². The van der Waals surface area contributed by atoms with Crippen molar-refractivity contribution in [2.75, 3.05) is 20.1 Å². The Morgan fingerprint density at radius 1 is 1.24 bits per heavy atom. The molecule has 3 fully saturated rings. The Labute approximate surface area is 125 Å². The van der Waals surface area contributed by atoms with Crippen molar-refractivity contribution in [2.45, 2.75) is 50.6 Å². The molecule has 0 spiro atoms. The molecule has 1 amide bonds. The summed E-state index contributed by atoms with van der Waals surface area (Å²) in [5.41, 5.74) is 2.43. The van der Waals surface area contributed by atoms with Crippen LogP contribution in [-0.2, 0) is 11.3 Å². The van der Waals surface area contributed by atoms with Crippen molar-refractivity contribution in [3.05, 3.63) is 17.5 Å². The lowest BCUT2D eigenvalue weighted by atomic mass is 9.99. The van der Waals surface area contributed by atoms with Gasteiger partial charge in [0.1, 0.15) is 0 Å². The minimum atomic E-state index is 0.188. The Hall–Kier alpha value is -1.36. The normalized spacial score (nSPS) is 30.5. The maximum absolute atomic E-state index is 12.4. The summed E-state index contributed by atoms with van der Waals surface area (Å²) < 4.78 is 0. The molecule has 1 aromatic heterocycles. The SMILES string of the molecule is CN1C(=O)[C@@H]2CCC[C@H]1CN(Cc1cc(C3CC3)n[nH]1)C2. The van der Waals surface area contributed by atoms with E-state index < -0.39 is 0 Å². The number of rotatable bonds is 3. The maximum Gasteiger partial charge on any atom is 0.227 e. The molecular formula is C16H24N4O. The number of nitrogens with zero attached hydrogens (tertiary/aromatic N) is 3. The smallest absolute Gasteiger partial charge is 0.227 e. The van der Waals surface area contributed by atoms with Crippen LogP contribution in [0.5, 0.6) is 0 Å². The molecule has 2 saturated heterocycles. The zero-order valence-electron chi connectivity index (χ0n) is 12.7. The molecule has 0 unspecified atom stereocenters. The summed E-state index contributed by atoms with van der Waals surface area (Å²) in [5.74, 6) is 1.24. The third-order valence-electron chi connectivity index (χ3n) is 5.32. The van der Waals surface area contributed by atoms with E-state index in [0.717, 1.165) is 32.5 Å². The molecule has 1 aromatic rings. The van der Waals surface area contributed by atoms with Crippen LogP contribution in [0.3, 0.4) is 0 Å². The van der Waals surface area contributed by atoms with Gasteiger partial charge in [0.05, 0.1) is 11.6 Å². The van der Waals surface area contributed by atoms with E-state index in [9.17, 15) is 4.79 Å². The van der Waals surface area contributed by atoms with Crippen molar-refractivity contribution in [1.82, 2.24) is 20.0 Å². The number of carbonyl (C=O) groups excluding carboxylic acids is 1. The minimum absolute atomic E-state index is 0.188. The van der Waals surface area contributed by atoms with E-state index in [1.165, 1.54) is 30.7 Å². The van der Waals surface area contributed by atoms with Crippen molar-refractivity contribution in [1.29, 1.82) is 0 Å². The zero-order chi connectivity index (χ0) is 14.4. The van der Waals surface area contributed by atoms with Gasteiger partial charge >= 0.3 is 0 Å². The van der Waals surface area contributed by atoms with Crippen LogP contribution in [-0.4, -0.2) is 52.1 Å². The maximum atomic E-state index is 12.4. The number of likely N-dealkylation sites (N-methyl/N-ethyl adjacent to an activating group) is 1. The molecule has 21 heavy (non-hydrogen) atoms. The number of carbonyl (C=O) groups is 1. The second-order valence-corrected chi connectivity index (χ2v) is 7.02. The molecule has 3 heterocycles. The van der Waals surface area contributed by atoms with Crippen molar-refractivity contribution >= 4 is 5.91 Å². The third kappa shape index (κ3) is 2.59. The third-order valence-corrected chi connectivity index (χ3v) is 5.32. The van der Waals surface area contributed by atoms with E-state index in [1.54, 1.807) is 0 Å². The molecule has 0 aromatic carbocycles. The van der Waals surface area contributed by atoms with Gasteiger partial charge < -0.3 is 4.90 Å². The fraction of sp³-hybridized carbons (Fsp3) is 0.750. The molecule has 114 valence electrons. The highest BCUT2D eigenvalue weighted by molar-refractivity contribution is 5.79. The molecule has 5 heteroatoms. The van der Waals surface area contributed by atoms with Gasteiger partial charge in [-0.2, -0.15) is 5.10 Å². The summed E-state index contributed by atoms with van der Waals surface area (Å²) >= 11 is 0. The van der Waals surface area contributed by atoms with Crippen LogP contribution >= 0.6 is 0 Å². The number of fused-ring (bicyclic) bond motifs is 3. The van der Waals surface area contributed by atoms with Gasteiger partial charge in [-0.1, -0.05) is 6.42 Å². The number of hydrogen-bond donors (Lipinski definition) is 1. The van der Waals surface area contributed by atoms with Crippen LogP contribution in [0.25, 0.3) is 0 Å². The summed E-state index contributed by atoms with van der Waals surface area (Å²) in [6, 6.07) is 2.61. The van der Waals surface area contributed by atoms with Gasteiger partial charge in [0, 0.05) is 44.3 Å². The quantitative estimate of drug-likeness (QED) is 0.921. The average molecular weight is 288 g/mol. The molecule has 1 N–H and O–H groups in total. The van der Waals surface area contributed by atoms with Gasteiger partial charge in [-0.15, -0.1) is 0 Å². The lowest BCUT2D eigenvalue weighted by Gasteiger charge is -2.28. The Morgan fingerprint density at radius 2 is 2.10 bits per heavy atom. The highest BCUT2D eigenvalue weighted by atomic mass is 16.2. The standard InChI is InChI=1S/C16H24N4O/c1-19-14-4-2-3-12(16(19)21)8-20(10-14)9-13-7-15(18-17-13)11-5-6-11/h7,11-12,14H,2-6,8-10H2,1H3,(H,17,18)/t12-,14+/m1/s1. The van der Waals surface area contributed by atoms with Crippen LogP contribution in [0.2, 0.25) is 0 Å². The summed E-state index contributed by atoms with van der Waals surface area (Å²) in [6.45, 7) is 2.79. The molecular weight excluding hydrogens is 264 g/mol. The number of likely N-dealkylation sites (tertiary alicyclic amines) is 1.